The minimum absolute atomic E-state index is 0.0800. The van der Waals surface area contributed by atoms with Crippen molar-refractivity contribution >= 4 is 28.3 Å². The Bertz CT molecular complexity index is 3010. The Labute approximate surface area is 486 Å². The van der Waals surface area contributed by atoms with E-state index in [1.807, 2.05) is 0 Å². The molecule has 0 saturated heterocycles. The lowest BCUT2D eigenvalue weighted by molar-refractivity contribution is 0.557. The van der Waals surface area contributed by atoms with Crippen LogP contribution in [0.1, 0.15) is 143 Å². The van der Waals surface area contributed by atoms with E-state index in [0.717, 1.165) is 11.4 Å². The van der Waals surface area contributed by atoms with Gasteiger partial charge in [-0.15, -0.1) is 0 Å². The van der Waals surface area contributed by atoms with Crippen LogP contribution in [0.5, 0.6) is 0 Å². The molecule has 0 atom stereocenters. The second kappa shape index (κ2) is 24.1. The van der Waals surface area contributed by atoms with Crippen molar-refractivity contribution in [1.29, 1.82) is 0 Å². The molecule has 0 spiro atoms. The van der Waals surface area contributed by atoms with Crippen molar-refractivity contribution in [2.45, 2.75) is 102 Å². The van der Waals surface area contributed by atoms with Gasteiger partial charge in [0.1, 0.15) is 0 Å². The van der Waals surface area contributed by atoms with Gasteiger partial charge in [-0.3, -0.25) is 0 Å². The zero-order valence-corrected chi connectivity index (χ0v) is 51.1. The molecule has 10 rings (SSSR count). The number of nitrogens with one attached hydrogen (secondary N) is 2. The first-order chi connectivity index (χ1) is 38.9. The van der Waals surface area contributed by atoms with E-state index in [-0.39, 0.29) is 34.5 Å². The van der Waals surface area contributed by atoms with Crippen LogP contribution in [0.15, 0.2) is 267 Å². The van der Waals surface area contributed by atoms with Crippen molar-refractivity contribution in [2.75, 3.05) is 9.96 Å². The third kappa shape index (κ3) is 13.2. The Morgan fingerprint density at radius 2 is 0.432 bits per heavy atom. The number of hydrogen-bond donors (Lipinski definition) is 2. The van der Waals surface area contributed by atoms with E-state index in [2.05, 4.69) is 345 Å². The lowest BCUT2D eigenvalue weighted by Crippen LogP contribution is -2.54. The van der Waals surface area contributed by atoms with E-state index in [0.29, 0.717) is 0 Å². The lowest BCUT2D eigenvalue weighted by atomic mass is 9.75. The number of rotatable bonds is 18. The van der Waals surface area contributed by atoms with Gasteiger partial charge < -0.3 is 14.1 Å². The highest BCUT2D eigenvalue weighted by Crippen LogP contribution is 2.49. The molecule has 5 heteroatoms. The first kappa shape index (κ1) is 56.5. The highest BCUT2D eigenvalue weighted by atomic mass is 28.4. The fraction of sp³-hybridized carbons (Fsp3) is 0.211. The minimum atomic E-state index is -2.99. The van der Waals surface area contributed by atoms with Crippen molar-refractivity contribution in [3.05, 3.63) is 345 Å². The van der Waals surface area contributed by atoms with Gasteiger partial charge in [0.15, 0.2) is 0 Å². The van der Waals surface area contributed by atoms with Gasteiger partial charge in [0.05, 0.1) is 0 Å². The SMILES string of the molecule is CC(C)(C)c1cc(C(c2ccccc2)c2ccccc2)c(N[Si](C)(C)O[Si](C)(C)Nc2c(C(c3ccccc3)c3ccccc3)cc(C(C)(C)C)cc2C(c2ccccc2)c2ccccc2)c(C(c2ccccc2)c2ccccc2)c1. The molecular weight excluding hydrogens is 1010 g/mol. The second-order valence-corrected chi connectivity index (χ2v) is 32.3. The average molecular weight is 1090 g/mol. The quantitative estimate of drug-likeness (QED) is 0.0664. The van der Waals surface area contributed by atoms with Gasteiger partial charge in [-0.25, -0.2) is 0 Å². The van der Waals surface area contributed by atoms with Crippen LogP contribution in [0.3, 0.4) is 0 Å². The van der Waals surface area contributed by atoms with Crippen LogP contribution in [0, 0.1) is 0 Å². The molecular formula is C76H80N2OSi2. The fourth-order valence-electron chi connectivity index (χ4n) is 12.1. The number of anilines is 2. The van der Waals surface area contributed by atoms with Crippen molar-refractivity contribution in [3.8, 4) is 0 Å². The zero-order chi connectivity index (χ0) is 56.8. The Morgan fingerprint density at radius 3 is 0.580 bits per heavy atom. The highest BCUT2D eigenvalue weighted by molar-refractivity contribution is 6.87. The van der Waals surface area contributed by atoms with E-state index >= 15 is 0 Å². The Balaban J connectivity index is 1.20. The second-order valence-electron chi connectivity index (χ2n) is 24.9. The molecule has 0 aliphatic rings. The predicted octanol–water partition coefficient (Wildman–Crippen LogP) is 19.9. The summed E-state index contributed by atoms with van der Waals surface area (Å²) in [5.74, 6) is -0.320. The van der Waals surface area contributed by atoms with E-state index in [1.165, 1.54) is 77.9 Å². The maximum atomic E-state index is 8.07. The van der Waals surface area contributed by atoms with Crippen LogP contribution in [0.2, 0.25) is 26.2 Å². The Morgan fingerprint density at radius 1 is 0.272 bits per heavy atom. The van der Waals surface area contributed by atoms with Crippen molar-refractivity contribution in [1.82, 2.24) is 0 Å². The molecule has 0 aliphatic heterocycles. The summed E-state index contributed by atoms with van der Waals surface area (Å²) in [7, 11) is -5.98. The van der Waals surface area contributed by atoms with Gasteiger partial charge in [-0.05, 0) is 115 Å². The third-order valence-electron chi connectivity index (χ3n) is 15.8. The molecule has 10 aromatic carbocycles. The summed E-state index contributed by atoms with van der Waals surface area (Å²) in [6, 6.07) is 98.7. The molecule has 10 aromatic rings. The third-order valence-corrected chi connectivity index (χ3v) is 21.6. The molecule has 0 saturated carbocycles. The monoisotopic (exact) mass is 1090 g/mol. The Hall–Kier alpha value is -7.81. The van der Waals surface area contributed by atoms with E-state index in [1.54, 1.807) is 0 Å². The van der Waals surface area contributed by atoms with Crippen LogP contribution in [0.25, 0.3) is 0 Å². The summed E-state index contributed by atoms with van der Waals surface area (Å²) >= 11 is 0. The van der Waals surface area contributed by atoms with Gasteiger partial charge in [0.2, 0.25) is 0 Å². The molecule has 0 heterocycles. The van der Waals surface area contributed by atoms with Gasteiger partial charge >= 0.3 is 0 Å². The van der Waals surface area contributed by atoms with Crippen molar-refractivity contribution in [2.24, 2.45) is 0 Å². The van der Waals surface area contributed by atoms with Gasteiger partial charge in [0, 0.05) is 35.0 Å². The van der Waals surface area contributed by atoms with E-state index < -0.39 is 17.0 Å². The lowest BCUT2D eigenvalue weighted by Gasteiger charge is -2.40. The van der Waals surface area contributed by atoms with Crippen LogP contribution in [-0.2, 0) is 14.9 Å². The smallest absolute Gasteiger partial charge is 0.282 e. The maximum Gasteiger partial charge on any atom is 0.282 e. The summed E-state index contributed by atoms with van der Waals surface area (Å²) in [4.78, 5) is 8.87. The summed E-state index contributed by atoms with van der Waals surface area (Å²) < 4.78 is 8.07. The molecule has 2 N–H and O–H groups in total. The van der Waals surface area contributed by atoms with Crippen LogP contribution >= 0.6 is 0 Å². The zero-order valence-electron chi connectivity index (χ0n) is 49.1. The topological polar surface area (TPSA) is 33.3 Å². The summed E-state index contributed by atoms with van der Waals surface area (Å²) in [6.07, 6.45) is 0. The molecule has 408 valence electrons. The standard InChI is InChI=1S/C76H80N2OSi2/c1-75(2,3)63-51-65(69(55-35-19-11-20-36-55)56-37-21-12-22-38-56)73(66(52-63)70(57-39-23-13-24-40-57)58-41-25-14-26-42-58)77-80(7,8)79-81(9,10)78-74-67(71(59-43-27-15-28-44-59)60-45-29-16-30-46-60)53-64(76(4,5)6)54-68(74)72(61-47-31-17-32-48-61)62-49-33-18-34-50-62/h11-54,69-72,77-78H,1-10H3. The molecule has 0 radical (unpaired) electrons. The average Bonchev–Trinajstić information content (AvgIpc) is 3.65. The van der Waals surface area contributed by atoms with Crippen molar-refractivity contribution < 1.29 is 4.12 Å². The molecule has 0 aromatic heterocycles. The first-order valence-corrected chi connectivity index (χ1v) is 34.8. The van der Waals surface area contributed by atoms with Crippen LogP contribution in [-0.4, -0.2) is 17.0 Å². The van der Waals surface area contributed by atoms with E-state index in [4.69, 9.17) is 4.12 Å². The molecule has 0 bridgehead atoms. The summed E-state index contributed by atoms with van der Waals surface area (Å²) in [5.41, 5.74) is 19.5. The van der Waals surface area contributed by atoms with Gasteiger partial charge in [0.25, 0.3) is 17.0 Å². The minimum Gasteiger partial charge on any atom is -0.424 e. The van der Waals surface area contributed by atoms with Crippen LogP contribution in [0.4, 0.5) is 11.4 Å². The molecule has 81 heavy (non-hydrogen) atoms. The fourth-order valence-corrected chi connectivity index (χ4v) is 19.4. The first-order valence-electron chi connectivity index (χ1n) is 29.0. The molecule has 0 unspecified atom stereocenters. The maximum absolute atomic E-state index is 8.07. The Kier molecular flexibility index (Phi) is 16.8. The summed E-state index contributed by atoms with van der Waals surface area (Å²) in [6.45, 7) is 23.6. The van der Waals surface area contributed by atoms with E-state index in [9.17, 15) is 0 Å². The number of benzene rings is 10. The predicted molar refractivity (Wildman–Crippen MR) is 349 cm³/mol. The molecule has 0 aliphatic carbocycles. The molecule has 3 nitrogen and oxygen atoms in total. The number of hydrogen-bond acceptors (Lipinski definition) is 3. The molecule has 0 fully saturated rings. The highest BCUT2D eigenvalue weighted by Gasteiger charge is 2.40. The van der Waals surface area contributed by atoms with Crippen molar-refractivity contribution in [3.63, 3.8) is 0 Å². The van der Waals surface area contributed by atoms with Gasteiger partial charge in [-0.2, -0.15) is 0 Å². The van der Waals surface area contributed by atoms with Gasteiger partial charge in [-0.1, -0.05) is 308 Å². The van der Waals surface area contributed by atoms with Crippen LogP contribution < -0.4 is 9.96 Å². The molecule has 0 amide bonds. The largest absolute Gasteiger partial charge is 0.424 e. The summed E-state index contributed by atoms with van der Waals surface area (Å²) in [5, 5.41) is 0. The normalized spacial score (nSPS) is 12.3.